The summed E-state index contributed by atoms with van der Waals surface area (Å²) < 4.78 is 5.23. The number of anilines is 1. The van der Waals surface area contributed by atoms with Crippen LogP contribution >= 0.6 is 11.3 Å². The third-order valence-corrected chi connectivity index (χ3v) is 5.98. The molecule has 1 amide bonds. The molecule has 27 heavy (non-hydrogen) atoms. The van der Waals surface area contributed by atoms with Crippen LogP contribution in [0.15, 0.2) is 30.3 Å². The molecule has 0 saturated heterocycles. The molecule has 1 atom stereocenters. The number of hydrogen-bond acceptors (Lipinski definition) is 5. The van der Waals surface area contributed by atoms with Gasteiger partial charge < -0.3 is 15.4 Å². The Labute approximate surface area is 164 Å². The van der Waals surface area contributed by atoms with Crippen LogP contribution in [0.2, 0.25) is 0 Å². The van der Waals surface area contributed by atoms with E-state index in [0.29, 0.717) is 17.2 Å². The molecule has 1 heterocycles. The van der Waals surface area contributed by atoms with Crippen molar-refractivity contribution in [1.29, 1.82) is 0 Å². The van der Waals surface area contributed by atoms with Gasteiger partial charge in [0.25, 0.3) is 0 Å². The van der Waals surface area contributed by atoms with Crippen molar-refractivity contribution in [2.24, 2.45) is 0 Å². The highest BCUT2D eigenvalue weighted by Crippen LogP contribution is 2.38. The van der Waals surface area contributed by atoms with Gasteiger partial charge in [0.1, 0.15) is 5.00 Å². The summed E-state index contributed by atoms with van der Waals surface area (Å²) in [5, 5.41) is 6.79. The van der Waals surface area contributed by atoms with E-state index in [1.807, 2.05) is 37.3 Å². The second-order valence-corrected chi connectivity index (χ2v) is 7.80. The number of hydrogen-bond donors (Lipinski definition) is 2. The van der Waals surface area contributed by atoms with Gasteiger partial charge in [-0.1, -0.05) is 30.3 Å². The smallest absolute Gasteiger partial charge is 0.341 e. The molecule has 0 radical (unpaired) electrons. The largest absolute Gasteiger partial charge is 0.462 e. The molecular weight excluding hydrogens is 360 g/mol. The molecule has 5 nitrogen and oxygen atoms in total. The molecule has 0 unspecified atom stereocenters. The van der Waals surface area contributed by atoms with Gasteiger partial charge in [0, 0.05) is 10.9 Å². The summed E-state index contributed by atoms with van der Waals surface area (Å²) in [6.07, 6.45) is 4.03. The monoisotopic (exact) mass is 386 g/mol. The Morgan fingerprint density at radius 3 is 2.67 bits per heavy atom. The summed E-state index contributed by atoms with van der Waals surface area (Å²) in [4.78, 5) is 26.1. The van der Waals surface area contributed by atoms with Crippen LogP contribution in [0.25, 0.3) is 0 Å². The molecule has 0 fully saturated rings. The summed E-state index contributed by atoms with van der Waals surface area (Å²) in [6, 6.07) is 10.1. The summed E-state index contributed by atoms with van der Waals surface area (Å²) in [5.41, 5.74) is 2.75. The number of carbonyl (C=O) groups is 2. The Kier molecular flexibility index (Phi) is 6.63. The highest BCUT2D eigenvalue weighted by molar-refractivity contribution is 7.17. The van der Waals surface area contributed by atoms with Crippen molar-refractivity contribution < 1.29 is 14.3 Å². The highest BCUT2D eigenvalue weighted by atomic mass is 32.1. The first kappa shape index (κ1) is 19.6. The summed E-state index contributed by atoms with van der Waals surface area (Å²) in [7, 11) is 0. The molecule has 6 heteroatoms. The number of amides is 1. The lowest BCUT2D eigenvalue weighted by Crippen LogP contribution is -2.30. The maximum atomic E-state index is 12.5. The lowest BCUT2D eigenvalue weighted by molar-refractivity contribution is -0.115. The average Bonchev–Trinajstić information content (AvgIpc) is 3.04. The second-order valence-electron chi connectivity index (χ2n) is 6.70. The van der Waals surface area contributed by atoms with E-state index in [1.165, 1.54) is 16.2 Å². The normalized spacial score (nSPS) is 14.3. The van der Waals surface area contributed by atoms with Gasteiger partial charge in [0.2, 0.25) is 5.91 Å². The molecule has 0 spiro atoms. The predicted octanol–water partition coefficient (Wildman–Crippen LogP) is 4.09. The maximum absolute atomic E-state index is 12.5. The lowest BCUT2D eigenvalue weighted by atomic mass is 9.95. The van der Waals surface area contributed by atoms with E-state index in [4.69, 9.17) is 4.74 Å². The number of esters is 1. The van der Waals surface area contributed by atoms with E-state index < -0.39 is 0 Å². The number of benzene rings is 1. The molecule has 2 N–H and O–H groups in total. The average molecular weight is 387 g/mol. The van der Waals surface area contributed by atoms with Crippen molar-refractivity contribution in [3.8, 4) is 0 Å². The zero-order chi connectivity index (χ0) is 19.2. The second kappa shape index (κ2) is 9.15. The van der Waals surface area contributed by atoms with E-state index in [9.17, 15) is 9.59 Å². The first-order valence-corrected chi connectivity index (χ1v) is 10.3. The zero-order valence-corrected chi connectivity index (χ0v) is 16.7. The summed E-state index contributed by atoms with van der Waals surface area (Å²) >= 11 is 1.51. The van der Waals surface area contributed by atoms with E-state index in [2.05, 4.69) is 10.6 Å². The first-order chi connectivity index (χ1) is 13.1. The summed E-state index contributed by atoms with van der Waals surface area (Å²) in [6.45, 7) is 4.33. The Bertz CT molecular complexity index is 801. The van der Waals surface area contributed by atoms with Gasteiger partial charge in [0.15, 0.2) is 0 Å². The minimum absolute atomic E-state index is 0.0676. The van der Waals surface area contributed by atoms with Crippen molar-refractivity contribution in [3.63, 3.8) is 0 Å². The van der Waals surface area contributed by atoms with Crippen molar-refractivity contribution in [3.05, 3.63) is 51.9 Å². The third kappa shape index (κ3) is 4.76. The molecule has 1 aliphatic carbocycles. The highest BCUT2D eigenvalue weighted by Gasteiger charge is 2.27. The van der Waals surface area contributed by atoms with Gasteiger partial charge in [-0.25, -0.2) is 4.79 Å². The molecule has 0 saturated carbocycles. The van der Waals surface area contributed by atoms with Gasteiger partial charge in [-0.05, 0) is 50.7 Å². The number of nitrogens with one attached hydrogen (secondary N) is 2. The number of aryl methyl sites for hydroxylation is 1. The Hall–Kier alpha value is -2.18. The molecule has 144 valence electrons. The third-order valence-electron chi connectivity index (χ3n) is 4.77. The number of rotatable bonds is 7. The minimum Gasteiger partial charge on any atom is -0.462 e. The van der Waals surface area contributed by atoms with E-state index in [0.717, 1.165) is 36.8 Å². The van der Waals surface area contributed by atoms with Gasteiger partial charge in [-0.15, -0.1) is 11.3 Å². The van der Waals surface area contributed by atoms with Gasteiger partial charge >= 0.3 is 5.97 Å². The molecule has 3 rings (SSSR count). The maximum Gasteiger partial charge on any atom is 0.341 e. The Morgan fingerprint density at radius 1 is 1.19 bits per heavy atom. The fourth-order valence-electron chi connectivity index (χ4n) is 3.35. The van der Waals surface area contributed by atoms with Crippen LogP contribution < -0.4 is 10.6 Å². The number of fused-ring (bicyclic) bond motifs is 1. The quantitative estimate of drug-likeness (QED) is 0.703. The molecule has 1 aromatic carbocycles. The van der Waals surface area contributed by atoms with Crippen LogP contribution in [0, 0.1) is 0 Å². The fraction of sp³-hybridized carbons (Fsp3) is 0.429. The van der Waals surface area contributed by atoms with Crippen molar-refractivity contribution in [2.45, 2.75) is 45.6 Å². The molecular formula is C21H26N2O3S. The van der Waals surface area contributed by atoms with Crippen LogP contribution in [0.1, 0.15) is 59.1 Å². The van der Waals surface area contributed by atoms with Crippen molar-refractivity contribution in [2.75, 3.05) is 18.5 Å². The fourth-order valence-corrected chi connectivity index (χ4v) is 4.64. The SMILES string of the molecule is CCOC(=O)c1c(NC(=O)CN[C@H](C)c2ccccc2)sc2c1CCCC2. The van der Waals surface area contributed by atoms with Crippen LogP contribution in [0.5, 0.6) is 0 Å². The summed E-state index contributed by atoms with van der Waals surface area (Å²) in [5.74, 6) is -0.486. The number of ether oxygens (including phenoxy) is 1. The van der Waals surface area contributed by atoms with Gasteiger partial charge in [0.05, 0.1) is 18.7 Å². The van der Waals surface area contributed by atoms with Crippen LogP contribution in [-0.2, 0) is 22.4 Å². The minimum atomic E-state index is -0.335. The van der Waals surface area contributed by atoms with E-state index >= 15 is 0 Å². The van der Waals surface area contributed by atoms with Gasteiger partial charge in [-0.2, -0.15) is 0 Å². The molecule has 0 bridgehead atoms. The molecule has 1 aliphatic rings. The zero-order valence-electron chi connectivity index (χ0n) is 15.8. The Balaban J connectivity index is 1.68. The topological polar surface area (TPSA) is 67.4 Å². The van der Waals surface area contributed by atoms with Gasteiger partial charge in [-0.3, -0.25) is 4.79 Å². The standard InChI is InChI=1S/C21H26N2O3S/c1-3-26-21(25)19-16-11-7-8-12-17(16)27-20(19)23-18(24)13-22-14(2)15-9-5-4-6-10-15/h4-6,9-10,14,22H,3,7-8,11-13H2,1-2H3,(H,23,24)/t14-/m1/s1. The van der Waals surface area contributed by atoms with Crippen molar-refractivity contribution >= 4 is 28.2 Å². The number of thiophene rings is 1. The predicted molar refractivity (Wildman–Crippen MR) is 108 cm³/mol. The lowest BCUT2D eigenvalue weighted by Gasteiger charge is -2.14. The molecule has 2 aromatic rings. The molecule has 0 aliphatic heterocycles. The van der Waals surface area contributed by atoms with Crippen LogP contribution in [-0.4, -0.2) is 25.0 Å². The first-order valence-electron chi connectivity index (χ1n) is 9.50. The van der Waals surface area contributed by atoms with Crippen LogP contribution in [0.3, 0.4) is 0 Å². The van der Waals surface area contributed by atoms with E-state index in [1.54, 1.807) is 6.92 Å². The van der Waals surface area contributed by atoms with Crippen LogP contribution in [0.4, 0.5) is 5.00 Å². The van der Waals surface area contributed by atoms with E-state index in [-0.39, 0.29) is 24.5 Å². The molecule has 1 aromatic heterocycles. The Morgan fingerprint density at radius 2 is 1.93 bits per heavy atom. The van der Waals surface area contributed by atoms with Crippen molar-refractivity contribution in [1.82, 2.24) is 5.32 Å². The number of carbonyl (C=O) groups excluding carboxylic acids is 2.